The summed E-state index contributed by atoms with van der Waals surface area (Å²) in [7, 11) is 0. The fraction of sp³-hybridized carbons (Fsp3) is 0.434. The average molecular weight is 1370 g/mol. The summed E-state index contributed by atoms with van der Waals surface area (Å²) in [5.41, 5.74) is 9.40. The predicted molar refractivity (Wildman–Crippen MR) is 417 cm³/mol. The summed E-state index contributed by atoms with van der Waals surface area (Å²) in [6, 6.07) is 17.2. The van der Waals surface area contributed by atoms with E-state index < -0.39 is 0 Å². The first kappa shape index (κ1) is 113. The Morgan fingerprint density at radius 3 is 0.859 bits per heavy atom. The first-order valence-corrected chi connectivity index (χ1v) is 34.2. The van der Waals surface area contributed by atoms with Gasteiger partial charge in [0.05, 0.1) is 47.6 Å². The second-order valence-corrected chi connectivity index (χ2v) is 14.9. The molecule has 11 rings (SSSR count). The van der Waals surface area contributed by atoms with Crippen LogP contribution in [0, 0.1) is 76.2 Å². The number of pyridine rings is 2. The summed E-state index contributed by atoms with van der Waals surface area (Å²) in [6.45, 7) is 65.1. The highest BCUT2D eigenvalue weighted by molar-refractivity contribution is 5.06. The molecule has 0 bridgehead atoms. The van der Waals surface area contributed by atoms with Gasteiger partial charge in [0.2, 0.25) is 0 Å². The number of hydrogen-bond acceptors (Lipinski definition) is 23. The van der Waals surface area contributed by atoms with Gasteiger partial charge in [0.25, 0.3) is 0 Å². The van der Waals surface area contributed by atoms with Crippen molar-refractivity contribution in [3.05, 3.63) is 260 Å². The molecule has 0 fully saturated rings. The van der Waals surface area contributed by atoms with Crippen LogP contribution in [0.25, 0.3) is 0 Å². The molecule has 0 spiro atoms. The average Bonchev–Trinajstić information content (AvgIpc) is 3.72. The van der Waals surface area contributed by atoms with Crippen LogP contribution in [-0.2, 0) is 0 Å². The Hall–Kier alpha value is -10.2. The summed E-state index contributed by atoms with van der Waals surface area (Å²) >= 11 is 0. The Morgan fingerprint density at radius 1 is 0.182 bits per heavy atom. The number of nitrogens with zero attached hydrogens (tertiary/aromatic N) is 23. The molecule has 0 radical (unpaired) electrons. The largest absolute Gasteiger partial charge is 0.265 e. The van der Waals surface area contributed by atoms with E-state index in [1.165, 1.54) is 36.4 Å². The van der Waals surface area contributed by atoms with Gasteiger partial charge in [-0.3, -0.25) is 19.9 Å². The molecule has 0 aliphatic carbocycles. The van der Waals surface area contributed by atoms with Gasteiger partial charge in [-0.2, -0.15) is 35.7 Å². The molecule has 0 amide bonds. The number of rotatable bonds is 0. The van der Waals surface area contributed by atoms with Gasteiger partial charge in [-0.25, -0.2) is 44.9 Å². The first-order valence-electron chi connectivity index (χ1n) is 34.2. The van der Waals surface area contributed by atoms with Crippen LogP contribution < -0.4 is 0 Å². The van der Waals surface area contributed by atoms with E-state index in [-0.39, 0.29) is 0 Å². The van der Waals surface area contributed by atoms with Crippen LogP contribution in [0.3, 0.4) is 0 Å². The first-order chi connectivity index (χ1) is 48.3. The molecule has 11 aromatic rings. The molecule has 11 aromatic heterocycles. The van der Waals surface area contributed by atoms with Crippen LogP contribution in [0.1, 0.15) is 215 Å². The molecule has 99 heavy (non-hydrogen) atoms. The Labute approximate surface area is 601 Å². The Bertz CT molecular complexity index is 2220. The zero-order chi connectivity index (χ0) is 78.2. The van der Waals surface area contributed by atoms with E-state index in [0.717, 1.165) is 45.4 Å². The molecule has 23 nitrogen and oxygen atoms in total. The minimum atomic E-state index is 0.711. The molecule has 0 aliphatic heterocycles. The molecule has 0 N–H and O–H groups in total. The van der Waals surface area contributed by atoms with E-state index in [0.29, 0.717) is 5.82 Å². The molecular weight excluding hydrogens is 1230 g/mol. The summed E-state index contributed by atoms with van der Waals surface area (Å²) in [4.78, 5) is 49.7. The lowest BCUT2D eigenvalue weighted by molar-refractivity contribution is 0.907. The zero-order valence-corrected chi connectivity index (χ0v) is 67.3. The summed E-state index contributed by atoms with van der Waals surface area (Å²) in [5.74, 6) is 1.53. The number of aromatic nitrogens is 23. The Balaban J connectivity index is -0.0000000929. The van der Waals surface area contributed by atoms with Gasteiger partial charge in [-0.1, -0.05) is 158 Å². The molecule has 0 atom stereocenters. The van der Waals surface area contributed by atoms with Crippen molar-refractivity contribution < 1.29 is 0 Å². The molecule has 11 heterocycles. The molecule has 0 aromatic carbocycles. The van der Waals surface area contributed by atoms with Crippen LogP contribution in [0.15, 0.2) is 198 Å². The topological polar surface area (TPSA) is 296 Å². The van der Waals surface area contributed by atoms with Gasteiger partial charge in [0.15, 0.2) is 0 Å². The van der Waals surface area contributed by atoms with Gasteiger partial charge in [0, 0.05) is 98.6 Å². The quantitative estimate of drug-likeness (QED) is 0.136. The van der Waals surface area contributed by atoms with E-state index in [1.807, 2.05) is 276 Å². The maximum Gasteiger partial charge on any atom is 0.147 e. The van der Waals surface area contributed by atoms with Crippen LogP contribution >= 0.6 is 0 Å². The second kappa shape index (κ2) is 109. The lowest BCUT2D eigenvalue weighted by Crippen LogP contribution is -1.85. The Kier molecular flexibility index (Phi) is 125. The van der Waals surface area contributed by atoms with Crippen LogP contribution in [-0.4, -0.2) is 116 Å². The summed E-state index contributed by atoms with van der Waals surface area (Å²) in [5, 5.41) is 36.0. The highest BCUT2D eigenvalue weighted by Crippen LogP contribution is 1.91. The lowest BCUT2D eigenvalue weighted by Gasteiger charge is -1.82. The van der Waals surface area contributed by atoms with Gasteiger partial charge in [-0.15, -0.1) is 15.3 Å². The molecule has 0 saturated carbocycles. The van der Waals surface area contributed by atoms with Crippen molar-refractivity contribution in [2.45, 2.75) is 228 Å². The van der Waals surface area contributed by atoms with Crippen LogP contribution in [0.2, 0.25) is 0 Å². The van der Waals surface area contributed by atoms with Gasteiger partial charge in [0.1, 0.15) is 37.0 Å². The smallest absolute Gasteiger partial charge is 0.147 e. The third-order valence-electron chi connectivity index (χ3n) is 7.72. The van der Waals surface area contributed by atoms with E-state index in [1.54, 1.807) is 125 Å². The maximum atomic E-state index is 3.92. The van der Waals surface area contributed by atoms with Crippen molar-refractivity contribution in [2.75, 3.05) is 0 Å². The minimum Gasteiger partial charge on any atom is -0.265 e. The van der Waals surface area contributed by atoms with Crippen molar-refractivity contribution in [1.82, 2.24) is 116 Å². The third-order valence-corrected chi connectivity index (χ3v) is 7.72. The van der Waals surface area contributed by atoms with Crippen molar-refractivity contribution in [1.29, 1.82) is 0 Å². The lowest BCUT2D eigenvalue weighted by atomic mass is 10.3. The minimum absolute atomic E-state index is 0.711. The van der Waals surface area contributed by atoms with E-state index in [4.69, 9.17) is 0 Å². The van der Waals surface area contributed by atoms with E-state index in [2.05, 4.69) is 116 Å². The number of aryl methyl sites for hydroxylation is 11. The highest BCUT2D eigenvalue weighted by Gasteiger charge is 1.81. The molecule has 0 aliphatic rings. The van der Waals surface area contributed by atoms with E-state index >= 15 is 0 Å². The maximum absolute atomic E-state index is 3.92. The van der Waals surface area contributed by atoms with Crippen molar-refractivity contribution in [3.8, 4) is 0 Å². The van der Waals surface area contributed by atoms with Crippen molar-refractivity contribution >= 4 is 0 Å². The molecular formula is C76H131N23. The van der Waals surface area contributed by atoms with Gasteiger partial charge >= 0.3 is 0 Å². The zero-order valence-electron chi connectivity index (χ0n) is 67.3. The molecule has 550 valence electrons. The Morgan fingerprint density at radius 2 is 0.636 bits per heavy atom. The molecule has 23 heteroatoms. The SMILES string of the molecule is CC.CC.CC.CC.CC.CC.CC.CC.CC.CC.CC.Cc1cccnc1.Cc1cccnn1.Cc1ccncc1.Cc1ccncn1.Cc1ccnnc1.Cc1cnccn1.Cc1cncnc1.Cc1cncnn1.Cc1cnncn1.Cc1ncccn1.Cc1nccnn1. The van der Waals surface area contributed by atoms with Gasteiger partial charge in [-0.05, 0) is 147 Å². The van der Waals surface area contributed by atoms with Crippen LogP contribution in [0.5, 0.6) is 0 Å². The number of hydrogen-bond donors (Lipinski definition) is 0. The second-order valence-electron chi connectivity index (χ2n) is 14.9. The van der Waals surface area contributed by atoms with Gasteiger partial charge < -0.3 is 0 Å². The fourth-order valence-electron chi connectivity index (χ4n) is 4.01. The monoisotopic (exact) mass is 1370 g/mol. The summed E-state index contributed by atoms with van der Waals surface area (Å²) < 4.78 is 0. The highest BCUT2D eigenvalue weighted by atomic mass is 15.1. The summed E-state index contributed by atoms with van der Waals surface area (Å²) in [6.07, 6.45) is 38.3. The molecule has 0 saturated heterocycles. The van der Waals surface area contributed by atoms with Crippen LogP contribution in [0.4, 0.5) is 0 Å². The van der Waals surface area contributed by atoms with Crippen molar-refractivity contribution in [2.24, 2.45) is 0 Å². The van der Waals surface area contributed by atoms with Crippen molar-refractivity contribution in [3.63, 3.8) is 0 Å². The van der Waals surface area contributed by atoms with E-state index in [9.17, 15) is 0 Å². The molecule has 0 unspecified atom stereocenters. The normalized spacial score (nSPS) is 7.44. The predicted octanol–water partition coefficient (Wildman–Crippen LogP) is 19.3. The standard InChI is InChI=1S/2C6H7N.6C5H6N2.3C4H5N3.11C2H6/c1-6-2-4-7-5-3-6;1-6-3-2-4-7-5-6;1-5-2-6-4-7-3-5;1-5-4-6-2-3-7-5;1-5-2-3-6-4-7-5;1-5-2-3-6-7-4-5;1-5-6-3-2-4-7-5;1-5-3-2-4-6-7-5;1-4-2-6-7-3-5-4;1-4-2-5-3-6-7-4;1-4-5-2-3-6-7-4;11*1-2/h2*2-5H,1H3;6*2-4H,1H3;3*2-3H,1H3;11*1-2H3. The third kappa shape index (κ3) is 107. The fourth-order valence-corrected chi connectivity index (χ4v) is 4.01.